The summed E-state index contributed by atoms with van der Waals surface area (Å²) in [7, 11) is 0. The third kappa shape index (κ3) is 3.74. The van der Waals surface area contributed by atoms with Crippen molar-refractivity contribution in [3.8, 4) is 0 Å². The molecule has 0 radical (unpaired) electrons. The Morgan fingerprint density at radius 3 is 2.67 bits per heavy atom. The molecule has 1 heterocycles. The number of amidine groups is 1. The van der Waals surface area contributed by atoms with Gasteiger partial charge in [0.25, 0.3) is 5.69 Å². The quantitative estimate of drug-likeness (QED) is 0.654. The normalized spacial score (nSPS) is 15.8. The molecule has 122 valence electrons. The molecule has 0 bridgehead atoms. The average Bonchev–Trinajstić information content (AvgIpc) is 2.58. The maximum absolute atomic E-state index is 11.1. The molecule has 0 amide bonds. The van der Waals surface area contributed by atoms with Crippen LogP contribution in [-0.2, 0) is 0 Å². The van der Waals surface area contributed by atoms with Gasteiger partial charge in [-0.2, -0.15) is 5.10 Å². The van der Waals surface area contributed by atoms with E-state index in [0.29, 0.717) is 21.5 Å². The molecule has 2 aromatic carbocycles. The van der Waals surface area contributed by atoms with Gasteiger partial charge in [-0.3, -0.25) is 15.5 Å². The minimum atomic E-state index is -0.379. The predicted molar refractivity (Wildman–Crippen MR) is 98.5 cm³/mol. The van der Waals surface area contributed by atoms with Crippen LogP contribution < -0.4 is 5.43 Å². The summed E-state index contributed by atoms with van der Waals surface area (Å²) in [4.78, 5) is 15.1. The van der Waals surface area contributed by atoms with Gasteiger partial charge in [0.2, 0.25) is 0 Å². The molecule has 0 aliphatic carbocycles. The SMILES string of the molecule is Cc1ccc(C2=NNC(=Nc3ccc(Cl)cc3)SC2)cc1[N+](=O)[O-]. The van der Waals surface area contributed by atoms with Crippen molar-refractivity contribution in [2.45, 2.75) is 6.92 Å². The van der Waals surface area contributed by atoms with Crippen LogP contribution in [0.25, 0.3) is 0 Å². The lowest BCUT2D eigenvalue weighted by Crippen LogP contribution is -2.25. The molecule has 0 atom stereocenters. The molecule has 8 heteroatoms. The van der Waals surface area contributed by atoms with Gasteiger partial charge in [-0.05, 0) is 31.2 Å². The van der Waals surface area contributed by atoms with Crippen LogP contribution in [0.4, 0.5) is 11.4 Å². The molecular formula is C16H13ClN4O2S. The predicted octanol–water partition coefficient (Wildman–Crippen LogP) is 4.28. The second kappa shape index (κ2) is 7.02. The Morgan fingerprint density at radius 1 is 1.29 bits per heavy atom. The highest BCUT2D eigenvalue weighted by Crippen LogP contribution is 2.23. The van der Waals surface area contributed by atoms with Crippen LogP contribution in [0.5, 0.6) is 0 Å². The van der Waals surface area contributed by atoms with Crippen molar-refractivity contribution in [3.05, 3.63) is 68.7 Å². The number of nitro groups is 1. The Labute approximate surface area is 147 Å². The van der Waals surface area contributed by atoms with E-state index in [9.17, 15) is 10.1 Å². The summed E-state index contributed by atoms with van der Waals surface area (Å²) in [6.45, 7) is 1.72. The zero-order chi connectivity index (χ0) is 17.1. The summed E-state index contributed by atoms with van der Waals surface area (Å²) in [6.07, 6.45) is 0. The average molecular weight is 361 g/mol. The summed E-state index contributed by atoms with van der Waals surface area (Å²) in [6, 6.07) is 12.3. The van der Waals surface area contributed by atoms with E-state index in [1.807, 2.05) is 18.2 Å². The van der Waals surface area contributed by atoms with Crippen LogP contribution in [0.15, 0.2) is 52.6 Å². The van der Waals surface area contributed by atoms with E-state index >= 15 is 0 Å². The summed E-state index contributed by atoms with van der Waals surface area (Å²) in [5.74, 6) is 0.583. The molecule has 1 N–H and O–H groups in total. The van der Waals surface area contributed by atoms with Crippen molar-refractivity contribution in [2.75, 3.05) is 5.75 Å². The molecule has 24 heavy (non-hydrogen) atoms. The first-order valence-corrected chi connectivity index (χ1v) is 8.44. The van der Waals surface area contributed by atoms with E-state index in [1.54, 1.807) is 31.2 Å². The lowest BCUT2D eigenvalue weighted by Gasteiger charge is -2.15. The van der Waals surface area contributed by atoms with E-state index in [2.05, 4.69) is 15.5 Å². The molecule has 1 aliphatic rings. The third-order valence-electron chi connectivity index (χ3n) is 3.43. The Bertz CT molecular complexity index is 850. The second-order valence-corrected chi connectivity index (χ2v) is 6.51. The Balaban J connectivity index is 1.79. The van der Waals surface area contributed by atoms with Gasteiger partial charge in [0.05, 0.1) is 16.3 Å². The molecule has 2 aromatic rings. The number of benzene rings is 2. The maximum atomic E-state index is 11.1. The van der Waals surface area contributed by atoms with Gasteiger partial charge in [0.15, 0.2) is 5.17 Å². The topological polar surface area (TPSA) is 79.9 Å². The summed E-state index contributed by atoms with van der Waals surface area (Å²) >= 11 is 7.34. The van der Waals surface area contributed by atoms with Crippen LogP contribution in [0.1, 0.15) is 11.1 Å². The van der Waals surface area contributed by atoms with E-state index in [0.717, 1.165) is 17.0 Å². The van der Waals surface area contributed by atoms with Crippen molar-refractivity contribution in [2.24, 2.45) is 10.1 Å². The number of halogens is 1. The Morgan fingerprint density at radius 2 is 2.04 bits per heavy atom. The molecule has 0 fully saturated rings. The van der Waals surface area contributed by atoms with Crippen molar-refractivity contribution >= 4 is 45.6 Å². The number of rotatable bonds is 3. The third-order valence-corrected chi connectivity index (χ3v) is 4.55. The van der Waals surface area contributed by atoms with Gasteiger partial charge in [-0.1, -0.05) is 35.5 Å². The molecule has 0 aromatic heterocycles. The molecule has 0 unspecified atom stereocenters. The van der Waals surface area contributed by atoms with E-state index in [4.69, 9.17) is 11.6 Å². The van der Waals surface area contributed by atoms with Crippen LogP contribution in [-0.4, -0.2) is 21.6 Å². The zero-order valence-electron chi connectivity index (χ0n) is 12.7. The fourth-order valence-electron chi connectivity index (χ4n) is 2.14. The van der Waals surface area contributed by atoms with Gasteiger partial charge < -0.3 is 0 Å². The fourth-order valence-corrected chi connectivity index (χ4v) is 3.05. The molecule has 0 spiro atoms. The second-order valence-electron chi connectivity index (χ2n) is 5.11. The number of nitrogens with one attached hydrogen (secondary N) is 1. The van der Waals surface area contributed by atoms with E-state index < -0.39 is 0 Å². The minimum absolute atomic E-state index is 0.0980. The van der Waals surface area contributed by atoms with Crippen molar-refractivity contribution < 1.29 is 4.92 Å². The largest absolute Gasteiger partial charge is 0.272 e. The van der Waals surface area contributed by atoms with Crippen LogP contribution in [0.2, 0.25) is 5.02 Å². The molecule has 6 nitrogen and oxygen atoms in total. The standard InChI is InChI=1S/C16H13ClN4O2S/c1-10-2-3-11(8-15(10)21(22)23)14-9-24-16(20-19-14)18-13-6-4-12(17)5-7-13/h2-8H,9H2,1H3,(H,18,20). The molecule has 3 rings (SSSR count). The van der Waals surface area contributed by atoms with Gasteiger partial charge in [-0.25, -0.2) is 4.99 Å². The van der Waals surface area contributed by atoms with Gasteiger partial charge in [0, 0.05) is 28.0 Å². The summed E-state index contributed by atoms with van der Waals surface area (Å²) in [5.41, 5.74) is 5.88. The van der Waals surface area contributed by atoms with E-state index in [1.165, 1.54) is 11.8 Å². The van der Waals surface area contributed by atoms with Gasteiger partial charge in [0.1, 0.15) is 0 Å². The van der Waals surface area contributed by atoms with Crippen molar-refractivity contribution in [1.29, 1.82) is 0 Å². The molecule has 1 aliphatic heterocycles. The zero-order valence-corrected chi connectivity index (χ0v) is 14.3. The highest BCUT2D eigenvalue weighted by atomic mass is 35.5. The highest BCUT2D eigenvalue weighted by Gasteiger charge is 2.17. The molecule has 0 saturated carbocycles. The number of hydrogen-bond donors (Lipinski definition) is 1. The summed E-state index contributed by atoms with van der Waals surface area (Å²) < 4.78 is 0. The highest BCUT2D eigenvalue weighted by molar-refractivity contribution is 8.14. The Kier molecular flexibility index (Phi) is 4.82. The smallest absolute Gasteiger partial charge is 0.258 e. The monoisotopic (exact) mass is 360 g/mol. The number of nitro benzene ring substituents is 1. The number of aliphatic imine (C=N–C) groups is 1. The molecule has 0 saturated heterocycles. The Hall–Kier alpha value is -2.38. The first kappa shape index (κ1) is 16.5. The minimum Gasteiger partial charge on any atom is -0.258 e. The number of aryl methyl sites for hydroxylation is 1. The fraction of sp³-hybridized carbons (Fsp3) is 0.125. The van der Waals surface area contributed by atoms with E-state index in [-0.39, 0.29) is 10.6 Å². The van der Waals surface area contributed by atoms with Crippen LogP contribution in [0, 0.1) is 17.0 Å². The first-order valence-electron chi connectivity index (χ1n) is 7.08. The number of thioether (sulfide) groups is 1. The lowest BCUT2D eigenvalue weighted by molar-refractivity contribution is -0.385. The lowest BCUT2D eigenvalue weighted by atomic mass is 10.1. The van der Waals surface area contributed by atoms with Crippen LogP contribution >= 0.6 is 23.4 Å². The summed E-state index contributed by atoms with van der Waals surface area (Å²) in [5, 5.41) is 16.7. The first-order chi connectivity index (χ1) is 11.5. The van der Waals surface area contributed by atoms with Crippen molar-refractivity contribution in [1.82, 2.24) is 5.43 Å². The van der Waals surface area contributed by atoms with Gasteiger partial charge >= 0.3 is 0 Å². The maximum Gasteiger partial charge on any atom is 0.272 e. The number of nitrogens with zero attached hydrogens (tertiary/aromatic N) is 3. The number of hydrogen-bond acceptors (Lipinski definition) is 5. The van der Waals surface area contributed by atoms with Gasteiger partial charge in [-0.15, -0.1) is 0 Å². The van der Waals surface area contributed by atoms with Crippen LogP contribution in [0.3, 0.4) is 0 Å². The number of hydrazone groups is 1. The molecular weight excluding hydrogens is 348 g/mol. The van der Waals surface area contributed by atoms with Crippen molar-refractivity contribution in [3.63, 3.8) is 0 Å².